The van der Waals surface area contributed by atoms with Crippen molar-refractivity contribution in [3.63, 3.8) is 0 Å². The third-order valence-electron chi connectivity index (χ3n) is 4.41. The van der Waals surface area contributed by atoms with Gasteiger partial charge in [0.15, 0.2) is 17.1 Å². The zero-order chi connectivity index (χ0) is 18.2. The number of nitrogens with zero attached hydrogens (tertiary/aromatic N) is 3. The highest BCUT2D eigenvalue weighted by atomic mass is 35.5. The van der Waals surface area contributed by atoms with E-state index in [1.165, 1.54) is 0 Å². The standard InChI is InChI=1S/C20H15ClN4O2/c21-15-4-2-14(3-5-15)16-11-23-20-8-7-19(24-25(16)20)22-10-13-1-6-17-18(9-13)27-12-26-17/h1-9,11H,10,12H2,(H,22,24). The van der Waals surface area contributed by atoms with Gasteiger partial charge in [-0.05, 0) is 42.0 Å². The van der Waals surface area contributed by atoms with Gasteiger partial charge in [-0.1, -0.05) is 29.8 Å². The Bertz CT molecular complexity index is 1120. The molecule has 134 valence electrons. The Morgan fingerprint density at radius 1 is 1.00 bits per heavy atom. The normalized spacial score (nSPS) is 12.5. The van der Waals surface area contributed by atoms with Crippen molar-refractivity contribution in [2.45, 2.75) is 6.54 Å². The number of benzene rings is 2. The molecule has 0 unspecified atom stereocenters. The number of imidazole rings is 1. The number of halogens is 1. The molecule has 0 bridgehead atoms. The second-order valence-corrected chi connectivity index (χ2v) is 6.62. The van der Waals surface area contributed by atoms with Crippen LogP contribution in [0.1, 0.15) is 5.56 Å². The molecule has 7 heteroatoms. The van der Waals surface area contributed by atoms with Crippen molar-refractivity contribution in [2.24, 2.45) is 0 Å². The van der Waals surface area contributed by atoms with E-state index in [4.69, 9.17) is 21.1 Å². The summed E-state index contributed by atoms with van der Waals surface area (Å²) in [6.45, 7) is 0.901. The van der Waals surface area contributed by atoms with Crippen molar-refractivity contribution >= 4 is 23.1 Å². The minimum atomic E-state index is 0.276. The highest BCUT2D eigenvalue weighted by molar-refractivity contribution is 6.30. The predicted molar refractivity (Wildman–Crippen MR) is 103 cm³/mol. The lowest BCUT2D eigenvalue weighted by Crippen LogP contribution is -2.04. The fourth-order valence-corrected chi connectivity index (χ4v) is 3.15. The molecule has 2 aromatic heterocycles. The molecule has 5 rings (SSSR count). The van der Waals surface area contributed by atoms with Gasteiger partial charge in [0.2, 0.25) is 6.79 Å². The summed E-state index contributed by atoms with van der Waals surface area (Å²) in [5, 5.41) is 8.72. The number of ether oxygens (including phenoxy) is 2. The molecule has 0 saturated heterocycles. The molecule has 2 aromatic carbocycles. The van der Waals surface area contributed by atoms with Crippen LogP contribution in [0.5, 0.6) is 11.5 Å². The molecule has 0 saturated carbocycles. The van der Waals surface area contributed by atoms with Crippen molar-refractivity contribution in [3.8, 4) is 22.8 Å². The van der Waals surface area contributed by atoms with Crippen LogP contribution in [-0.4, -0.2) is 21.4 Å². The average Bonchev–Trinajstić information content (AvgIpc) is 3.33. The fourth-order valence-electron chi connectivity index (χ4n) is 3.03. The molecule has 3 heterocycles. The third kappa shape index (κ3) is 3.04. The lowest BCUT2D eigenvalue weighted by Gasteiger charge is -2.08. The number of rotatable bonds is 4. The number of fused-ring (bicyclic) bond motifs is 2. The summed E-state index contributed by atoms with van der Waals surface area (Å²) < 4.78 is 12.6. The largest absolute Gasteiger partial charge is 0.454 e. The average molecular weight is 379 g/mol. The Balaban J connectivity index is 1.41. The summed E-state index contributed by atoms with van der Waals surface area (Å²) in [4.78, 5) is 4.43. The molecule has 0 atom stereocenters. The maximum absolute atomic E-state index is 5.99. The minimum absolute atomic E-state index is 0.276. The van der Waals surface area contributed by atoms with Crippen LogP contribution in [0.4, 0.5) is 5.82 Å². The summed E-state index contributed by atoms with van der Waals surface area (Å²) in [7, 11) is 0. The molecule has 0 radical (unpaired) electrons. The van der Waals surface area contributed by atoms with Crippen LogP contribution in [0.25, 0.3) is 16.9 Å². The molecule has 27 heavy (non-hydrogen) atoms. The van der Waals surface area contributed by atoms with Crippen LogP contribution >= 0.6 is 11.6 Å². The van der Waals surface area contributed by atoms with Crippen molar-refractivity contribution < 1.29 is 9.47 Å². The van der Waals surface area contributed by atoms with Gasteiger partial charge in [0.05, 0.1) is 11.9 Å². The van der Waals surface area contributed by atoms with E-state index in [0.29, 0.717) is 11.6 Å². The number of aromatic nitrogens is 3. The number of hydrogen-bond acceptors (Lipinski definition) is 5. The first-order valence-corrected chi connectivity index (χ1v) is 8.87. The first-order valence-electron chi connectivity index (χ1n) is 8.49. The number of hydrogen-bond donors (Lipinski definition) is 1. The SMILES string of the molecule is Clc1ccc(-c2cnc3ccc(NCc4ccc5c(c4)OCO5)nn23)cc1. The zero-order valence-electron chi connectivity index (χ0n) is 14.2. The van der Waals surface area contributed by atoms with Gasteiger partial charge < -0.3 is 14.8 Å². The molecule has 0 amide bonds. The van der Waals surface area contributed by atoms with Gasteiger partial charge in [0, 0.05) is 17.1 Å². The van der Waals surface area contributed by atoms with Crippen molar-refractivity contribution in [1.29, 1.82) is 0 Å². The van der Waals surface area contributed by atoms with Gasteiger partial charge in [-0.2, -0.15) is 0 Å². The summed E-state index contributed by atoms with van der Waals surface area (Å²) in [5.74, 6) is 2.31. The molecule has 1 aliphatic rings. The van der Waals surface area contributed by atoms with Gasteiger partial charge >= 0.3 is 0 Å². The quantitative estimate of drug-likeness (QED) is 0.570. The van der Waals surface area contributed by atoms with Crippen LogP contribution in [0.15, 0.2) is 60.8 Å². The van der Waals surface area contributed by atoms with Gasteiger partial charge in [0.1, 0.15) is 5.82 Å². The fraction of sp³-hybridized carbons (Fsp3) is 0.100. The molecular weight excluding hydrogens is 364 g/mol. The summed E-state index contributed by atoms with van der Waals surface area (Å²) in [6.07, 6.45) is 1.81. The molecule has 4 aromatic rings. The van der Waals surface area contributed by atoms with Crippen molar-refractivity contribution in [1.82, 2.24) is 14.6 Å². The second-order valence-electron chi connectivity index (χ2n) is 6.18. The maximum Gasteiger partial charge on any atom is 0.231 e. The van der Waals surface area contributed by atoms with Crippen molar-refractivity contribution in [2.75, 3.05) is 12.1 Å². The highest BCUT2D eigenvalue weighted by Gasteiger charge is 2.13. The Labute approximate surface area is 160 Å². The molecule has 6 nitrogen and oxygen atoms in total. The highest BCUT2D eigenvalue weighted by Crippen LogP contribution is 2.32. The predicted octanol–water partition coefficient (Wildman–Crippen LogP) is 4.39. The van der Waals surface area contributed by atoms with E-state index in [9.17, 15) is 0 Å². The number of nitrogens with one attached hydrogen (secondary N) is 1. The van der Waals surface area contributed by atoms with Gasteiger partial charge in [-0.3, -0.25) is 0 Å². The molecule has 0 fully saturated rings. The van der Waals surface area contributed by atoms with Gasteiger partial charge in [-0.25, -0.2) is 9.50 Å². The lowest BCUT2D eigenvalue weighted by atomic mass is 10.2. The van der Waals surface area contributed by atoms with Gasteiger partial charge in [0.25, 0.3) is 0 Å². The molecule has 1 aliphatic heterocycles. The van der Waals surface area contributed by atoms with Crippen molar-refractivity contribution in [3.05, 3.63) is 71.4 Å². The van der Waals surface area contributed by atoms with E-state index in [-0.39, 0.29) is 6.79 Å². The maximum atomic E-state index is 5.99. The third-order valence-corrected chi connectivity index (χ3v) is 4.66. The lowest BCUT2D eigenvalue weighted by molar-refractivity contribution is 0.174. The Hall–Kier alpha value is -3.25. The van der Waals surface area contributed by atoms with Crippen LogP contribution in [0.3, 0.4) is 0 Å². The van der Waals surface area contributed by atoms with E-state index in [0.717, 1.165) is 39.8 Å². The summed E-state index contributed by atoms with van der Waals surface area (Å²) >= 11 is 5.99. The second kappa shape index (κ2) is 6.48. The smallest absolute Gasteiger partial charge is 0.231 e. The topological polar surface area (TPSA) is 60.7 Å². The molecular formula is C20H15ClN4O2. The van der Waals surface area contributed by atoms with E-state index in [1.807, 2.05) is 65.3 Å². The Morgan fingerprint density at radius 3 is 2.74 bits per heavy atom. The Kier molecular flexibility index (Phi) is 3.83. The summed E-state index contributed by atoms with van der Waals surface area (Å²) in [6, 6.07) is 17.4. The minimum Gasteiger partial charge on any atom is -0.454 e. The zero-order valence-corrected chi connectivity index (χ0v) is 15.0. The van der Waals surface area contributed by atoms with E-state index in [2.05, 4.69) is 15.4 Å². The molecule has 1 N–H and O–H groups in total. The van der Waals surface area contributed by atoms with Crippen LogP contribution in [0, 0.1) is 0 Å². The molecule has 0 spiro atoms. The number of anilines is 1. The monoisotopic (exact) mass is 378 g/mol. The first kappa shape index (κ1) is 16.0. The van der Waals surface area contributed by atoms with E-state index >= 15 is 0 Å². The van der Waals surface area contributed by atoms with Gasteiger partial charge in [-0.15, -0.1) is 5.10 Å². The molecule has 0 aliphatic carbocycles. The first-order chi connectivity index (χ1) is 13.3. The van der Waals surface area contributed by atoms with Crippen LogP contribution < -0.4 is 14.8 Å². The van der Waals surface area contributed by atoms with Crippen LogP contribution in [0.2, 0.25) is 5.02 Å². The van der Waals surface area contributed by atoms with E-state index in [1.54, 1.807) is 0 Å². The van der Waals surface area contributed by atoms with Crippen LogP contribution in [-0.2, 0) is 6.54 Å². The summed E-state index contributed by atoms with van der Waals surface area (Å²) in [5.41, 5.74) is 3.79. The Morgan fingerprint density at radius 2 is 1.85 bits per heavy atom. The van der Waals surface area contributed by atoms with E-state index < -0.39 is 0 Å².